The van der Waals surface area contributed by atoms with E-state index in [-0.39, 0.29) is 25.5 Å². The number of pyridine rings is 1. The van der Waals surface area contributed by atoms with E-state index in [4.69, 9.17) is 9.47 Å². The van der Waals surface area contributed by atoms with Crippen molar-refractivity contribution < 1.29 is 24.5 Å². The topological polar surface area (TPSA) is 101 Å². The van der Waals surface area contributed by atoms with E-state index in [1.54, 1.807) is 12.1 Å². The molecule has 0 saturated carbocycles. The third kappa shape index (κ3) is 4.59. The van der Waals surface area contributed by atoms with Gasteiger partial charge in [0.2, 0.25) is 5.88 Å². The molecule has 0 spiro atoms. The Kier molecular flexibility index (Phi) is 6.68. The molecule has 1 heterocycles. The summed E-state index contributed by atoms with van der Waals surface area (Å²) >= 11 is 0. The molecule has 2 unspecified atom stereocenters. The fourth-order valence-electron chi connectivity index (χ4n) is 4.04. The maximum atomic E-state index is 12.2. The van der Waals surface area contributed by atoms with Crippen LogP contribution in [0, 0.1) is 0 Å². The van der Waals surface area contributed by atoms with Crippen LogP contribution in [0.3, 0.4) is 0 Å². The van der Waals surface area contributed by atoms with Crippen molar-refractivity contribution in [1.29, 1.82) is 0 Å². The highest BCUT2D eigenvalue weighted by Gasteiger charge is 2.29. The van der Waals surface area contributed by atoms with Gasteiger partial charge in [-0.25, -0.2) is 9.78 Å². The first kappa shape index (κ1) is 21.8. The van der Waals surface area contributed by atoms with Gasteiger partial charge in [0.25, 0.3) is 0 Å². The lowest BCUT2D eigenvalue weighted by Crippen LogP contribution is -2.30. The van der Waals surface area contributed by atoms with Gasteiger partial charge >= 0.3 is 6.09 Å². The Hall–Kier alpha value is -3.42. The number of rotatable bonds is 8. The number of methoxy groups -OCH3 is 1. The van der Waals surface area contributed by atoms with Gasteiger partial charge in [-0.15, -0.1) is 0 Å². The molecule has 1 amide bonds. The van der Waals surface area contributed by atoms with Crippen LogP contribution in [-0.2, 0) is 4.74 Å². The van der Waals surface area contributed by atoms with Gasteiger partial charge in [0.05, 0.1) is 13.2 Å². The van der Waals surface area contributed by atoms with Crippen LogP contribution in [0.1, 0.15) is 35.1 Å². The van der Waals surface area contributed by atoms with Crippen molar-refractivity contribution in [3.8, 4) is 17.0 Å². The number of carbonyl (C=O) groups is 1. The van der Waals surface area contributed by atoms with E-state index in [1.807, 2.05) is 24.3 Å². The van der Waals surface area contributed by atoms with E-state index in [0.717, 1.165) is 11.1 Å². The predicted octanol–water partition coefficient (Wildman–Crippen LogP) is 3.41. The van der Waals surface area contributed by atoms with Crippen LogP contribution in [0.2, 0.25) is 0 Å². The molecular weight excluding hydrogens is 408 g/mol. The van der Waals surface area contributed by atoms with Crippen molar-refractivity contribution in [3.05, 3.63) is 83.6 Å². The van der Waals surface area contributed by atoms with Gasteiger partial charge in [-0.3, -0.25) is 0 Å². The summed E-state index contributed by atoms with van der Waals surface area (Å²) in [5.74, 6) is 0.412. The molecule has 0 radical (unpaired) electrons. The van der Waals surface area contributed by atoms with Crippen LogP contribution < -0.4 is 10.1 Å². The second-order valence-corrected chi connectivity index (χ2v) is 7.69. The third-order valence-electron chi connectivity index (χ3n) is 5.73. The van der Waals surface area contributed by atoms with Crippen molar-refractivity contribution >= 4 is 6.09 Å². The highest BCUT2D eigenvalue weighted by Crippen LogP contribution is 2.44. The lowest BCUT2D eigenvalue weighted by molar-refractivity contribution is 0.0134. The summed E-state index contributed by atoms with van der Waals surface area (Å²) in [6, 6.07) is 19.5. The molecule has 166 valence electrons. The highest BCUT2D eigenvalue weighted by atomic mass is 16.5. The Labute approximate surface area is 186 Å². The number of nitrogens with zero attached hydrogens (tertiary/aromatic N) is 1. The van der Waals surface area contributed by atoms with Crippen LogP contribution in [0.15, 0.2) is 66.9 Å². The van der Waals surface area contributed by atoms with Crippen LogP contribution in [0.5, 0.6) is 5.88 Å². The van der Waals surface area contributed by atoms with Gasteiger partial charge in [-0.05, 0) is 34.7 Å². The van der Waals surface area contributed by atoms with Crippen molar-refractivity contribution in [2.24, 2.45) is 0 Å². The zero-order valence-electron chi connectivity index (χ0n) is 17.8. The molecule has 0 fully saturated rings. The minimum atomic E-state index is -1.11. The quantitative estimate of drug-likeness (QED) is 0.502. The Balaban J connectivity index is 1.27. The summed E-state index contributed by atoms with van der Waals surface area (Å²) < 4.78 is 10.5. The largest absolute Gasteiger partial charge is 0.481 e. The van der Waals surface area contributed by atoms with Gasteiger partial charge in [0.1, 0.15) is 12.7 Å². The summed E-state index contributed by atoms with van der Waals surface area (Å²) in [6.45, 7) is 0.390. The standard InChI is InChI=1S/C25H26N2O5/c1-31-23-11-10-16(14-27-23)24(29)22(28)12-13-26-25(30)32-15-21-19-8-4-2-6-17(19)18-7-3-5-9-20(18)21/h2-11,14,21-22,24,28-29H,12-13,15H2,1H3,(H,26,30). The summed E-state index contributed by atoms with van der Waals surface area (Å²) in [5.41, 5.74) is 5.10. The number of aliphatic hydroxyl groups is 2. The van der Waals surface area contributed by atoms with Gasteiger partial charge in [-0.2, -0.15) is 0 Å². The van der Waals surface area contributed by atoms with Gasteiger partial charge in [-0.1, -0.05) is 48.5 Å². The molecule has 32 heavy (non-hydrogen) atoms. The minimum absolute atomic E-state index is 0.0110. The second-order valence-electron chi connectivity index (χ2n) is 7.69. The van der Waals surface area contributed by atoms with Crippen LogP contribution >= 0.6 is 0 Å². The van der Waals surface area contributed by atoms with Crippen molar-refractivity contribution in [2.45, 2.75) is 24.5 Å². The molecule has 1 aromatic heterocycles. The monoisotopic (exact) mass is 434 g/mol. The number of ether oxygens (including phenoxy) is 2. The SMILES string of the molecule is COc1ccc(C(O)C(O)CCNC(=O)OCC2c3ccccc3-c3ccccc32)cn1. The van der Waals surface area contributed by atoms with Crippen molar-refractivity contribution in [1.82, 2.24) is 10.3 Å². The highest BCUT2D eigenvalue weighted by molar-refractivity contribution is 5.79. The molecule has 0 aliphatic heterocycles. The first-order valence-electron chi connectivity index (χ1n) is 10.5. The molecule has 1 aliphatic carbocycles. The zero-order valence-corrected chi connectivity index (χ0v) is 17.8. The molecule has 0 bridgehead atoms. The number of hydrogen-bond donors (Lipinski definition) is 3. The van der Waals surface area contributed by atoms with E-state index in [2.05, 4.69) is 34.6 Å². The summed E-state index contributed by atoms with van der Waals surface area (Å²) in [5, 5.41) is 23.1. The first-order valence-corrected chi connectivity index (χ1v) is 10.5. The molecule has 3 aromatic rings. The average molecular weight is 434 g/mol. The first-order chi connectivity index (χ1) is 15.6. The molecular formula is C25H26N2O5. The van der Waals surface area contributed by atoms with E-state index in [0.29, 0.717) is 11.4 Å². The van der Waals surface area contributed by atoms with Gasteiger partial charge in [0, 0.05) is 30.3 Å². The summed E-state index contributed by atoms with van der Waals surface area (Å²) in [6.07, 6.45) is -1.11. The maximum Gasteiger partial charge on any atom is 0.407 e. The maximum absolute atomic E-state index is 12.2. The lowest BCUT2D eigenvalue weighted by Gasteiger charge is -2.18. The Morgan fingerprint density at radius 1 is 1.03 bits per heavy atom. The van der Waals surface area contributed by atoms with Gasteiger partial charge < -0.3 is 25.0 Å². The summed E-state index contributed by atoms with van der Waals surface area (Å²) in [7, 11) is 1.50. The fraction of sp³-hybridized carbons (Fsp3) is 0.280. The number of hydrogen-bond acceptors (Lipinski definition) is 6. The Morgan fingerprint density at radius 2 is 1.69 bits per heavy atom. The number of amides is 1. The molecule has 4 rings (SSSR count). The third-order valence-corrected chi connectivity index (χ3v) is 5.73. The molecule has 7 heteroatoms. The fourth-order valence-corrected chi connectivity index (χ4v) is 4.04. The van der Waals surface area contributed by atoms with E-state index in [9.17, 15) is 15.0 Å². The molecule has 0 saturated heterocycles. The Morgan fingerprint density at radius 3 is 2.28 bits per heavy atom. The van der Waals surface area contributed by atoms with Crippen molar-refractivity contribution in [2.75, 3.05) is 20.3 Å². The van der Waals surface area contributed by atoms with Crippen molar-refractivity contribution in [3.63, 3.8) is 0 Å². The predicted molar refractivity (Wildman–Crippen MR) is 119 cm³/mol. The van der Waals surface area contributed by atoms with Crippen LogP contribution in [-0.4, -0.2) is 47.7 Å². The zero-order chi connectivity index (χ0) is 22.5. The molecule has 3 N–H and O–H groups in total. The van der Waals surface area contributed by atoms with E-state index < -0.39 is 18.3 Å². The number of nitrogens with one attached hydrogen (secondary N) is 1. The molecule has 7 nitrogen and oxygen atoms in total. The molecule has 2 aromatic carbocycles. The van der Waals surface area contributed by atoms with Gasteiger partial charge in [0.15, 0.2) is 0 Å². The number of aromatic nitrogens is 1. The number of alkyl carbamates (subject to hydrolysis) is 1. The van der Waals surface area contributed by atoms with E-state index in [1.165, 1.54) is 24.4 Å². The Bertz CT molecular complexity index is 1020. The van der Waals surface area contributed by atoms with Crippen LogP contribution in [0.25, 0.3) is 11.1 Å². The number of fused-ring (bicyclic) bond motifs is 3. The number of benzene rings is 2. The number of aliphatic hydroxyl groups excluding tert-OH is 2. The average Bonchev–Trinajstić information content (AvgIpc) is 3.16. The smallest absolute Gasteiger partial charge is 0.407 e. The normalized spacial score (nSPS) is 14.2. The second kappa shape index (κ2) is 9.80. The summed E-state index contributed by atoms with van der Waals surface area (Å²) in [4.78, 5) is 16.2. The van der Waals surface area contributed by atoms with Crippen LogP contribution in [0.4, 0.5) is 4.79 Å². The molecule has 1 aliphatic rings. The number of carbonyl (C=O) groups excluding carboxylic acids is 1. The lowest BCUT2D eigenvalue weighted by atomic mass is 9.98. The van der Waals surface area contributed by atoms with E-state index >= 15 is 0 Å². The minimum Gasteiger partial charge on any atom is -0.481 e. The molecule has 2 atom stereocenters.